The van der Waals surface area contributed by atoms with E-state index in [4.69, 9.17) is 0 Å². The fourth-order valence-electron chi connectivity index (χ4n) is 15.4. The Bertz CT molecular complexity index is 1560. The molecule has 2 saturated heterocycles. The lowest BCUT2D eigenvalue weighted by atomic mass is 9.46. The molecule has 284 valence electrons. The summed E-state index contributed by atoms with van der Waals surface area (Å²) in [5.74, 6) is 5.31. The number of aliphatic hydroxyl groups is 3. The molecule has 5 aliphatic carbocycles. The molecule has 7 fully saturated rings. The maximum atomic E-state index is 12.4. The van der Waals surface area contributed by atoms with Gasteiger partial charge in [-0.3, -0.25) is 4.90 Å². The zero-order valence-electron chi connectivity index (χ0n) is 32.1. The number of hydrogen-bond acceptors (Lipinski definition) is 5. The van der Waals surface area contributed by atoms with Gasteiger partial charge in [0.25, 0.3) is 0 Å². The number of aryl methyl sites for hydroxylation is 2. The maximum Gasteiger partial charge on any atom is 0.115 e. The maximum absolute atomic E-state index is 12.4. The topological polar surface area (TPSA) is 84.2 Å². The SMILES string of the molecule is C[C@]1(O)[C@@H]2CC[C@@H]3[C@@H](C[C@H]4[C@@H]3C[C@H](O)[C@H]3C[C@@H](O)[C@@]5(CC[C@H](CCc6cccc(O)c6)C5)C[C@@]34C)[C@@H]2CN2C[C@@H](CCCc3ccccc3)CC[C@H]21. The van der Waals surface area contributed by atoms with Crippen molar-refractivity contribution in [2.75, 3.05) is 13.1 Å². The van der Waals surface area contributed by atoms with E-state index in [1.54, 1.807) is 6.07 Å². The number of piperidine rings is 2. The minimum atomic E-state index is -0.626. The van der Waals surface area contributed by atoms with Crippen LogP contribution in [-0.4, -0.2) is 62.3 Å². The van der Waals surface area contributed by atoms with Gasteiger partial charge in [-0.25, -0.2) is 0 Å². The molecule has 4 N–H and O–H groups in total. The van der Waals surface area contributed by atoms with E-state index in [1.807, 2.05) is 12.1 Å². The van der Waals surface area contributed by atoms with E-state index in [0.717, 1.165) is 76.8 Å². The summed E-state index contributed by atoms with van der Waals surface area (Å²) in [6, 6.07) is 19.0. The molecule has 0 aromatic heterocycles. The van der Waals surface area contributed by atoms with Crippen LogP contribution in [0.25, 0.3) is 0 Å². The number of fused-ring (bicyclic) bond motifs is 8. The zero-order chi connectivity index (χ0) is 35.8. The van der Waals surface area contributed by atoms with Gasteiger partial charge in [-0.15, -0.1) is 0 Å². The number of nitrogens with zero attached hydrogens (tertiary/aromatic N) is 1. The van der Waals surface area contributed by atoms with E-state index in [0.29, 0.717) is 53.2 Å². The largest absolute Gasteiger partial charge is 0.508 e. The highest BCUT2D eigenvalue weighted by atomic mass is 16.3. The number of hydrogen-bond donors (Lipinski definition) is 4. The van der Waals surface area contributed by atoms with Crippen LogP contribution >= 0.6 is 0 Å². The van der Waals surface area contributed by atoms with Crippen LogP contribution in [0.5, 0.6) is 5.75 Å². The summed E-state index contributed by atoms with van der Waals surface area (Å²) in [5, 5.41) is 46.2. The van der Waals surface area contributed by atoms with E-state index >= 15 is 0 Å². The lowest BCUT2D eigenvalue weighted by Gasteiger charge is -2.60. The first-order valence-electron chi connectivity index (χ1n) is 21.7. The molecule has 2 aromatic rings. The molecule has 0 bridgehead atoms. The molecule has 9 rings (SSSR count). The molecule has 7 aliphatic rings. The van der Waals surface area contributed by atoms with Crippen molar-refractivity contribution in [3.63, 3.8) is 0 Å². The summed E-state index contributed by atoms with van der Waals surface area (Å²) in [6.07, 6.45) is 17.3. The van der Waals surface area contributed by atoms with Crippen LogP contribution in [0.2, 0.25) is 0 Å². The van der Waals surface area contributed by atoms with Crippen LogP contribution in [0, 0.1) is 64.1 Å². The third-order valence-electron chi connectivity index (χ3n) is 17.7. The molecule has 2 aromatic carbocycles. The van der Waals surface area contributed by atoms with Gasteiger partial charge in [0.2, 0.25) is 0 Å². The van der Waals surface area contributed by atoms with Crippen LogP contribution in [0.3, 0.4) is 0 Å². The molecule has 0 amide bonds. The van der Waals surface area contributed by atoms with Crippen molar-refractivity contribution in [3.05, 3.63) is 65.7 Å². The average molecular weight is 710 g/mol. The van der Waals surface area contributed by atoms with Gasteiger partial charge in [-0.1, -0.05) is 49.4 Å². The normalized spacial score (nSPS) is 46.9. The predicted molar refractivity (Wildman–Crippen MR) is 207 cm³/mol. The van der Waals surface area contributed by atoms with Gasteiger partial charge in [0, 0.05) is 19.1 Å². The number of phenolic OH excluding ortho intramolecular Hbond substituents is 1. The smallest absolute Gasteiger partial charge is 0.115 e. The Morgan fingerprint density at radius 1 is 0.712 bits per heavy atom. The fraction of sp³-hybridized carbons (Fsp3) is 0.745. The highest BCUT2D eigenvalue weighted by molar-refractivity contribution is 5.27. The Balaban J connectivity index is 0.901. The van der Waals surface area contributed by atoms with E-state index in [2.05, 4.69) is 55.1 Å². The Labute approximate surface area is 313 Å². The lowest BCUT2D eigenvalue weighted by Crippen LogP contribution is -2.67. The number of benzene rings is 2. The van der Waals surface area contributed by atoms with Crippen LogP contribution in [0.1, 0.15) is 115 Å². The minimum absolute atomic E-state index is 0.0301. The number of phenols is 1. The number of aromatic hydroxyl groups is 1. The quantitative estimate of drug-likeness (QED) is 0.232. The monoisotopic (exact) mass is 710 g/mol. The van der Waals surface area contributed by atoms with Crippen LogP contribution in [0.15, 0.2) is 54.6 Å². The molecule has 2 heterocycles. The van der Waals surface area contributed by atoms with Crippen LogP contribution in [-0.2, 0) is 12.8 Å². The van der Waals surface area contributed by atoms with E-state index < -0.39 is 5.60 Å². The first-order valence-corrected chi connectivity index (χ1v) is 21.7. The highest BCUT2D eigenvalue weighted by Crippen LogP contribution is 2.70. The Morgan fingerprint density at radius 3 is 2.37 bits per heavy atom. The number of rotatable bonds is 7. The molecule has 5 saturated carbocycles. The lowest BCUT2D eigenvalue weighted by molar-refractivity contribution is -0.180. The molecule has 0 radical (unpaired) electrons. The Kier molecular flexibility index (Phi) is 9.41. The van der Waals surface area contributed by atoms with Gasteiger partial charge in [0.1, 0.15) is 5.75 Å². The highest BCUT2D eigenvalue weighted by Gasteiger charge is 2.67. The Morgan fingerprint density at radius 2 is 1.54 bits per heavy atom. The minimum Gasteiger partial charge on any atom is -0.508 e. The summed E-state index contributed by atoms with van der Waals surface area (Å²) in [4.78, 5) is 2.77. The summed E-state index contributed by atoms with van der Waals surface area (Å²) in [7, 11) is 0. The third kappa shape index (κ3) is 6.11. The molecule has 52 heavy (non-hydrogen) atoms. The van der Waals surface area contributed by atoms with E-state index in [9.17, 15) is 20.4 Å². The molecule has 5 heteroatoms. The standard InChI is InChI=1S/C47H67NO4/c1-45-29-47(21-20-32(26-47)15-14-31-11-7-13-34(49)22-31)44(51)25-41(45)42(50)24-37-35-17-18-39-38(36(35)23-40(37)45)28-48-27-33(16-19-43(48)46(39,2)52)12-6-10-30-8-4-3-5-9-30/h3-5,7-9,11,13,22,32-33,35-44,49-52H,6,10,12,14-21,23-29H2,1-2H3/t32-,33-,35+,36+,37+,38-,39+,40-,41+,42-,43-,44+,45+,46-,47+/m0/s1. The first kappa shape index (κ1) is 35.8. The molecule has 1 spiro atoms. The summed E-state index contributed by atoms with van der Waals surface area (Å²) >= 11 is 0. The van der Waals surface area contributed by atoms with Crippen molar-refractivity contribution in [3.8, 4) is 5.75 Å². The second-order valence-corrected chi connectivity index (χ2v) is 20.2. The molecular formula is C47H67NO4. The molecule has 5 nitrogen and oxygen atoms in total. The first-order chi connectivity index (χ1) is 25.0. The Hall–Kier alpha value is -1.92. The van der Waals surface area contributed by atoms with Crippen LogP contribution < -0.4 is 0 Å². The van der Waals surface area contributed by atoms with Crippen molar-refractivity contribution in [2.45, 2.75) is 140 Å². The second kappa shape index (κ2) is 13.7. The summed E-state index contributed by atoms with van der Waals surface area (Å²) < 4.78 is 0. The second-order valence-electron chi connectivity index (χ2n) is 20.2. The van der Waals surface area contributed by atoms with Crippen molar-refractivity contribution >= 4 is 0 Å². The van der Waals surface area contributed by atoms with Crippen molar-refractivity contribution in [1.29, 1.82) is 0 Å². The predicted octanol–water partition coefficient (Wildman–Crippen LogP) is 8.42. The molecule has 0 unspecified atom stereocenters. The molecular weight excluding hydrogens is 643 g/mol. The molecule has 15 atom stereocenters. The summed E-state index contributed by atoms with van der Waals surface area (Å²) in [5.41, 5.74) is 2.06. The van der Waals surface area contributed by atoms with E-state index in [1.165, 1.54) is 56.1 Å². The van der Waals surface area contributed by atoms with Gasteiger partial charge < -0.3 is 20.4 Å². The fourth-order valence-corrected chi connectivity index (χ4v) is 15.4. The van der Waals surface area contributed by atoms with Gasteiger partial charge in [0.05, 0.1) is 17.8 Å². The number of aliphatic hydroxyl groups excluding tert-OH is 2. The molecule has 2 aliphatic heterocycles. The van der Waals surface area contributed by atoms with E-state index in [-0.39, 0.29) is 29.0 Å². The van der Waals surface area contributed by atoms with Gasteiger partial charge >= 0.3 is 0 Å². The van der Waals surface area contributed by atoms with Gasteiger partial charge in [-0.05, 0) is 197 Å². The van der Waals surface area contributed by atoms with Crippen molar-refractivity contribution in [2.24, 2.45) is 64.1 Å². The van der Waals surface area contributed by atoms with Crippen molar-refractivity contribution in [1.82, 2.24) is 4.90 Å². The van der Waals surface area contributed by atoms with Crippen LogP contribution in [0.4, 0.5) is 0 Å². The summed E-state index contributed by atoms with van der Waals surface area (Å²) in [6.45, 7) is 7.07. The third-order valence-corrected chi connectivity index (χ3v) is 17.7. The van der Waals surface area contributed by atoms with Crippen molar-refractivity contribution < 1.29 is 20.4 Å². The average Bonchev–Trinajstić information content (AvgIpc) is 3.71. The van der Waals surface area contributed by atoms with Gasteiger partial charge in [0.15, 0.2) is 0 Å². The van der Waals surface area contributed by atoms with Gasteiger partial charge in [-0.2, -0.15) is 0 Å². The zero-order valence-corrected chi connectivity index (χ0v) is 32.1.